The third-order valence-corrected chi connectivity index (χ3v) is 2.34. The molecular formula is C5H12BrNO2P+. The molecule has 0 rings (SSSR count). The van der Waals surface area contributed by atoms with Crippen LogP contribution in [0.15, 0.2) is 0 Å². The van der Waals surface area contributed by atoms with Crippen molar-refractivity contribution < 1.29 is 9.09 Å². The lowest BCUT2D eigenvalue weighted by Gasteiger charge is -1.89. The highest BCUT2D eigenvalue weighted by Gasteiger charge is 2.11. The third kappa shape index (κ3) is 6.62. The average Bonchev–Trinajstić information content (AvgIpc) is 1.98. The molecule has 0 aliphatic heterocycles. The fourth-order valence-electron chi connectivity index (χ4n) is 0.454. The van der Waals surface area contributed by atoms with Gasteiger partial charge in [0.25, 0.3) is 0 Å². The molecule has 0 aliphatic rings. The van der Waals surface area contributed by atoms with E-state index in [1.807, 2.05) is 0 Å². The molecule has 0 amide bonds. The lowest BCUT2D eigenvalue weighted by molar-refractivity contribution is 0.404. The summed E-state index contributed by atoms with van der Waals surface area (Å²) in [6, 6.07) is 0. The van der Waals surface area contributed by atoms with Gasteiger partial charge in [-0.3, -0.25) is 0 Å². The van der Waals surface area contributed by atoms with Gasteiger partial charge >= 0.3 is 8.18 Å². The topological polar surface area (TPSA) is 38.3 Å². The number of hydrogen-bond donors (Lipinski definition) is 1. The number of unbranched alkanes of at least 4 members (excludes halogenated alkanes) is 1. The lowest BCUT2D eigenvalue weighted by Crippen LogP contribution is -2.05. The minimum absolute atomic E-state index is 0.759. The van der Waals surface area contributed by atoms with Gasteiger partial charge in [0.05, 0.1) is 7.11 Å². The number of rotatable bonds is 6. The van der Waals surface area contributed by atoms with Gasteiger partial charge in [-0.05, 0) is 17.4 Å². The second-order valence-corrected chi connectivity index (χ2v) is 3.73. The van der Waals surface area contributed by atoms with E-state index in [1.165, 1.54) is 7.11 Å². The Kier molecular flexibility index (Phi) is 7.99. The molecule has 60 valence electrons. The standard InChI is InChI=1S/C5H12BrNO2P/c1-9-10(8)7-5-3-2-4-6/h2-5H2,1H3,(H,7,8)/q+1. The van der Waals surface area contributed by atoms with Gasteiger partial charge in [0.1, 0.15) is 0 Å². The van der Waals surface area contributed by atoms with Crippen LogP contribution in [-0.2, 0) is 9.09 Å². The summed E-state index contributed by atoms with van der Waals surface area (Å²) >= 11 is 3.30. The van der Waals surface area contributed by atoms with E-state index in [-0.39, 0.29) is 0 Å². The minimum Gasteiger partial charge on any atom is -0.133 e. The van der Waals surface area contributed by atoms with E-state index in [9.17, 15) is 4.57 Å². The first-order valence-corrected chi connectivity index (χ1v) is 5.42. The zero-order chi connectivity index (χ0) is 7.82. The summed E-state index contributed by atoms with van der Waals surface area (Å²) < 4.78 is 15.1. The predicted molar refractivity (Wildman–Crippen MR) is 45.6 cm³/mol. The van der Waals surface area contributed by atoms with E-state index in [0.29, 0.717) is 0 Å². The average molecular weight is 229 g/mol. The maximum absolute atomic E-state index is 10.6. The third-order valence-electron chi connectivity index (χ3n) is 0.967. The Morgan fingerprint density at radius 3 is 2.80 bits per heavy atom. The fraction of sp³-hybridized carbons (Fsp3) is 1.00. The minimum atomic E-state index is -1.61. The SMILES string of the molecule is CO[P+](=O)NCCCCBr. The van der Waals surface area contributed by atoms with Crippen LogP contribution in [0.4, 0.5) is 0 Å². The predicted octanol–water partition coefficient (Wildman–Crippen LogP) is 2.05. The second kappa shape index (κ2) is 7.61. The number of halogens is 1. The molecule has 5 heteroatoms. The van der Waals surface area contributed by atoms with Crippen LogP contribution in [0.1, 0.15) is 12.8 Å². The molecule has 0 spiro atoms. The quantitative estimate of drug-likeness (QED) is 0.430. The maximum Gasteiger partial charge on any atom is 0.612 e. The summed E-state index contributed by atoms with van der Waals surface area (Å²) in [4.78, 5) is 0. The van der Waals surface area contributed by atoms with Gasteiger partial charge in [-0.1, -0.05) is 21.0 Å². The van der Waals surface area contributed by atoms with Gasteiger partial charge in [-0.15, -0.1) is 4.52 Å². The Bertz CT molecular complexity index is 102. The molecular weight excluding hydrogens is 217 g/mol. The van der Waals surface area contributed by atoms with Crippen molar-refractivity contribution in [1.29, 1.82) is 0 Å². The number of alkyl halides is 1. The van der Waals surface area contributed by atoms with Crippen LogP contribution < -0.4 is 5.09 Å². The Balaban J connectivity index is 2.96. The highest BCUT2D eigenvalue weighted by atomic mass is 79.9. The number of nitrogens with one attached hydrogen (secondary N) is 1. The Morgan fingerprint density at radius 1 is 1.60 bits per heavy atom. The van der Waals surface area contributed by atoms with Gasteiger partial charge in [0.2, 0.25) is 0 Å². The molecule has 0 aliphatic carbocycles. The van der Waals surface area contributed by atoms with Crippen LogP contribution in [0.2, 0.25) is 0 Å². The van der Waals surface area contributed by atoms with E-state index in [1.54, 1.807) is 0 Å². The Morgan fingerprint density at radius 2 is 2.30 bits per heavy atom. The largest absolute Gasteiger partial charge is 0.612 e. The molecule has 0 fully saturated rings. The van der Waals surface area contributed by atoms with Crippen molar-refractivity contribution in [3.63, 3.8) is 0 Å². The van der Waals surface area contributed by atoms with Crippen molar-refractivity contribution in [3.05, 3.63) is 0 Å². The van der Waals surface area contributed by atoms with Gasteiger partial charge in [0, 0.05) is 11.9 Å². The van der Waals surface area contributed by atoms with Crippen LogP contribution in [0.25, 0.3) is 0 Å². The first kappa shape index (κ1) is 10.5. The first-order chi connectivity index (χ1) is 4.81. The normalized spacial score (nSPS) is 11.6. The van der Waals surface area contributed by atoms with Gasteiger partial charge in [-0.25, -0.2) is 0 Å². The van der Waals surface area contributed by atoms with Crippen LogP contribution in [0.5, 0.6) is 0 Å². The van der Waals surface area contributed by atoms with Crippen molar-refractivity contribution in [2.45, 2.75) is 12.8 Å². The molecule has 0 aromatic rings. The lowest BCUT2D eigenvalue weighted by atomic mass is 10.3. The molecule has 1 atom stereocenters. The molecule has 0 radical (unpaired) electrons. The Labute approximate surface area is 70.6 Å². The van der Waals surface area contributed by atoms with Crippen LogP contribution in [0.3, 0.4) is 0 Å². The molecule has 0 saturated carbocycles. The molecule has 0 bridgehead atoms. The molecule has 0 saturated heterocycles. The molecule has 1 N–H and O–H groups in total. The van der Waals surface area contributed by atoms with E-state index in [0.717, 1.165) is 24.7 Å². The molecule has 10 heavy (non-hydrogen) atoms. The van der Waals surface area contributed by atoms with Crippen molar-refractivity contribution >= 4 is 24.1 Å². The summed E-state index contributed by atoms with van der Waals surface area (Å²) in [5.41, 5.74) is 0. The fourth-order valence-corrected chi connectivity index (χ4v) is 1.32. The van der Waals surface area contributed by atoms with Crippen LogP contribution >= 0.6 is 24.1 Å². The van der Waals surface area contributed by atoms with Crippen molar-refractivity contribution in [3.8, 4) is 0 Å². The summed E-state index contributed by atoms with van der Waals surface area (Å²) in [5.74, 6) is 0. The molecule has 3 nitrogen and oxygen atoms in total. The molecule has 0 aromatic heterocycles. The summed E-state index contributed by atoms with van der Waals surface area (Å²) in [7, 11) is -0.183. The highest BCUT2D eigenvalue weighted by Crippen LogP contribution is 2.12. The van der Waals surface area contributed by atoms with E-state index in [4.69, 9.17) is 0 Å². The van der Waals surface area contributed by atoms with Crippen molar-refractivity contribution in [1.82, 2.24) is 5.09 Å². The Hall–Kier alpha value is 0.500. The monoisotopic (exact) mass is 228 g/mol. The highest BCUT2D eigenvalue weighted by molar-refractivity contribution is 9.09. The van der Waals surface area contributed by atoms with E-state index in [2.05, 4.69) is 25.5 Å². The summed E-state index contributed by atoms with van der Waals surface area (Å²) in [6.45, 7) is 0.759. The van der Waals surface area contributed by atoms with Crippen LogP contribution in [0, 0.1) is 0 Å². The zero-order valence-corrected chi connectivity index (χ0v) is 8.45. The number of hydrogen-bond acceptors (Lipinski definition) is 2. The summed E-state index contributed by atoms with van der Waals surface area (Å²) in [6.07, 6.45) is 2.12. The van der Waals surface area contributed by atoms with Gasteiger partial charge < -0.3 is 0 Å². The zero-order valence-electron chi connectivity index (χ0n) is 5.97. The first-order valence-electron chi connectivity index (χ1n) is 3.12. The smallest absolute Gasteiger partial charge is 0.133 e. The molecule has 1 unspecified atom stereocenters. The van der Waals surface area contributed by atoms with E-state index >= 15 is 0 Å². The van der Waals surface area contributed by atoms with Crippen LogP contribution in [-0.4, -0.2) is 19.0 Å². The van der Waals surface area contributed by atoms with Gasteiger partial charge in [0.15, 0.2) is 0 Å². The second-order valence-electron chi connectivity index (χ2n) is 1.74. The van der Waals surface area contributed by atoms with Crippen molar-refractivity contribution in [2.24, 2.45) is 0 Å². The summed E-state index contributed by atoms with van der Waals surface area (Å²) in [5, 5.41) is 3.73. The molecule has 0 aromatic carbocycles. The van der Waals surface area contributed by atoms with E-state index < -0.39 is 8.18 Å². The maximum atomic E-state index is 10.6. The molecule has 0 heterocycles. The van der Waals surface area contributed by atoms with Crippen molar-refractivity contribution in [2.75, 3.05) is 19.0 Å². The van der Waals surface area contributed by atoms with Gasteiger partial charge in [-0.2, -0.15) is 0 Å².